The molecule has 0 fully saturated rings. The highest BCUT2D eigenvalue weighted by Gasteiger charge is 2.33. The highest BCUT2D eigenvalue weighted by molar-refractivity contribution is 5.77. The Balaban J connectivity index is 1.90. The quantitative estimate of drug-likeness (QED) is 0.570. The van der Waals surface area contributed by atoms with Crippen LogP contribution in [0, 0.1) is 5.92 Å². The van der Waals surface area contributed by atoms with E-state index in [1.807, 2.05) is 29.2 Å². The Morgan fingerprint density at radius 3 is 2.26 bits per heavy atom. The Morgan fingerprint density at radius 2 is 1.68 bits per heavy atom. The fraction of sp³-hybridized carbons (Fsp3) is 0.500. The zero-order valence-electron chi connectivity index (χ0n) is 19.6. The minimum Gasteiger partial charge on any atom is -0.493 e. The van der Waals surface area contributed by atoms with Gasteiger partial charge in [-0.15, -0.1) is 0 Å². The van der Waals surface area contributed by atoms with Crippen molar-refractivity contribution in [1.82, 2.24) is 4.90 Å². The molecule has 1 unspecified atom stereocenters. The number of fused-ring (bicyclic) bond motifs is 1. The highest BCUT2D eigenvalue weighted by Crippen LogP contribution is 2.39. The summed E-state index contributed by atoms with van der Waals surface area (Å²) in [5, 5.41) is 0. The molecule has 1 aliphatic heterocycles. The average molecular weight is 426 g/mol. The van der Waals surface area contributed by atoms with Crippen LogP contribution in [-0.2, 0) is 11.2 Å². The zero-order valence-corrected chi connectivity index (χ0v) is 19.6. The molecule has 0 aromatic heterocycles. The van der Waals surface area contributed by atoms with E-state index >= 15 is 0 Å². The predicted octanol–water partition coefficient (Wildman–Crippen LogP) is 5.38. The van der Waals surface area contributed by atoms with Crippen LogP contribution in [0.25, 0.3) is 0 Å². The summed E-state index contributed by atoms with van der Waals surface area (Å²) in [6.07, 6.45) is 1.32. The summed E-state index contributed by atoms with van der Waals surface area (Å²) in [5.41, 5.74) is 3.52. The van der Waals surface area contributed by atoms with Crippen LogP contribution in [0.2, 0.25) is 0 Å². The molecule has 1 amide bonds. The summed E-state index contributed by atoms with van der Waals surface area (Å²) in [6, 6.07) is 12.1. The van der Waals surface area contributed by atoms with Gasteiger partial charge in [0, 0.05) is 13.0 Å². The van der Waals surface area contributed by atoms with Gasteiger partial charge in [-0.05, 0) is 59.2 Å². The molecule has 0 saturated heterocycles. The normalized spacial score (nSPS) is 15.7. The largest absolute Gasteiger partial charge is 0.493 e. The van der Waals surface area contributed by atoms with Crippen LogP contribution in [0.4, 0.5) is 0 Å². The van der Waals surface area contributed by atoms with Crippen LogP contribution >= 0.6 is 0 Å². The number of hydrogen-bond acceptors (Lipinski definition) is 4. The lowest BCUT2D eigenvalue weighted by Gasteiger charge is -2.38. The van der Waals surface area contributed by atoms with Gasteiger partial charge in [0.2, 0.25) is 5.91 Å². The molecule has 5 nitrogen and oxygen atoms in total. The molecule has 168 valence electrons. The molecule has 0 bridgehead atoms. The fourth-order valence-electron chi connectivity index (χ4n) is 4.10. The van der Waals surface area contributed by atoms with Crippen molar-refractivity contribution in [2.24, 2.45) is 5.92 Å². The van der Waals surface area contributed by atoms with Gasteiger partial charge in [0.05, 0.1) is 20.3 Å². The molecule has 1 aliphatic rings. The minimum absolute atomic E-state index is 0.166. The van der Waals surface area contributed by atoms with Crippen LogP contribution in [0.5, 0.6) is 17.2 Å². The van der Waals surface area contributed by atoms with Crippen LogP contribution in [0.1, 0.15) is 62.8 Å². The predicted molar refractivity (Wildman–Crippen MR) is 123 cm³/mol. The Labute approximate surface area is 186 Å². The van der Waals surface area contributed by atoms with E-state index in [1.54, 1.807) is 14.2 Å². The van der Waals surface area contributed by atoms with Crippen LogP contribution < -0.4 is 14.2 Å². The van der Waals surface area contributed by atoms with E-state index in [0.717, 1.165) is 17.7 Å². The second-order valence-corrected chi connectivity index (χ2v) is 8.89. The van der Waals surface area contributed by atoms with Gasteiger partial charge in [-0.3, -0.25) is 4.79 Å². The molecule has 1 atom stereocenters. The van der Waals surface area contributed by atoms with Gasteiger partial charge in [-0.2, -0.15) is 0 Å². The van der Waals surface area contributed by atoms with E-state index in [4.69, 9.17) is 14.2 Å². The third-order valence-corrected chi connectivity index (χ3v) is 5.86. The maximum atomic E-state index is 13.1. The maximum Gasteiger partial charge on any atom is 0.223 e. The van der Waals surface area contributed by atoms with Crippen molar-refractivity contribution < 1.29 is 19.0 Å². The van der Waals surface area contributed by atoms with Crippen molar-refractivity contribution in [2.75, 3.05) is 27.4 Å². The lowest BCUT2D eigenvalue weighted by Crippen LogP contribution is -2.43. The van der Waals surface area contributed by atoms with E-state index in [2.05, 4.69) is 39.8 Å². The van der Waals surface area contributed by atoms with Crippen LogP contribution in [0.15, 0.2) is 36.4 Å². The standard InChI is InChI=1S/C26H35NO4/c1-17(2)13-26(28)27-12-11-20-14-24(29-5)25(30-6)15-22(20)23(27)16-31-21-9-7-19(8-10-21)18(3)4/h7-10,14-15,17-18,23H,11-13,16H2,1-6H3. The molecular formula is C26H35NO4. The van der Waals surface area contributed by atoms with E-state index in [-0.39, 0.29) is 11.9 Å². The third kappa shape index (κ3) is 5.33. The first-order valence-corrected chi connectivity index (χ1v) is 11.1. The number of ether oxygens (including phenoxy) is 3. The van der Waals surface area contributed by atoms with Crippen molar-refractivity contribution in [3.8, 4) is 17.2 Å². The first kappa shape index (κ1) is 23.0. The Morgan fingerprint density at radius 1 is 1.03 bits per heavy atom. The third-order valence-electron chi connectivity index (χ3n) is 5.86. The summed E-state index contributed by atoms with van der Waals surface area (Å²) < 4.78 is 17.2. The second-order valence-electron chi connectivity index (χ2n) is 8.89. The number of amides is 1. The Bertz CT molecular complexity index is 889. The SMILES string of the molecule is COc1cc2c(cc1OC)C(COc1ccc(C(C)C)cc1)N(C(=O)CC(C)C)CC2. The van der Waals surface area contributed by atoms with E-state index in [9.17, 15) is 4.79 Å². The Kier molecular flexibility index (Phi) is 7.47. The number of nitrogens with zero attached hydrogens (tertiary/aromatic N) is 1. The van der Waals surface area contributed by atoms with E-state index in [0.29, 0.717) is 42.9 Å². The maximum absolute atomic E-state index is 13.1. The van der Waals surface area contributed by atoms with Gasteiger partial charge in [-0.25, -0.2) is 0 Å². The van der Waals surface area contributed by atoms with Gasteiger partial charge < -0.3 is 19.1 Å². The lowest BCUT2D eigenvalue weighted by molar-refractivity contribution is -0.135. The molecule has 2 aromatic rings. The summed E-state index contributed by atoms with van der Waals surface area (Å²) >= 11 is 0. The molecule has 5 heteroatoms. The summed E-state index contributed by atoms with van der Waals surface area (Å²) in [7, 11) is 3.28. The van der Waals surface area contributed by atoms with E-state index in [1.165, 1.54) is 11.1 Å². The molecular weight excluding hydrogens is 390 g/mol. The molecule has 0 N–H and O–H groups in total. The average Bonchev–Trinajstić information content (AvgIpc) is 2.75. The second kappa shape index (κ2) is 10.1. The number of rotatable bonds is 8. The number of benzene rings is 2. The van der Waals surface area contributed by atoms with Crippen molar-refractivity contribution >= 4 is 5.91 Å². The molecule has 2 aromatic carbocycles. The smallest absolute Gasteiger partial charge is 0.223 e. The van der Waals surface area contributed by atoms with Crippen LogP contribution in [-0.4, -0.2) is 38.2 Å². The van der Waals surface area contributed by atoms with Crippen molar-refractivity contribution in [2.45, 2.75) is 52.5 Å². The van der Waals surface area contributed by atoms with Crippen molar-refractivity contribution in [1.29, 1.82) is 0 Å². The first-order chi connectivity index (χ1) is 14.8. The fourth-order valence-corrected chi connectivity index (χ4v) is 4.10. The van der Waals surface area contributed by atoms with Crippen LogP contribution in [0.3, 0.4) is 0 Å². The minimum atomic E-state index is -0.167. The molecule has 31 heavy (non-hydrogen) atoms. The van der Waals surface area contributed by atoms with Gasteiger partial charge in [0.15, 0.2) is 11.5 Å². The monoisotopic (exact) mass is 425 g/mol. The van der Waals surface area contributed by atoms with Gasteiger partial charge in [0.1, 0.15) is 12.4 Å². The topological polar surface area (TPSA) is 48.0 Å². The van der Waals surface area contributed by atoms with Crippen molar-refractivity contribution in [3.63, 3.8) is 0 Å². The molecule has 3 rings (SSSR count). The molecule has 0 radical (unpaired) electrons. The summed E-state index contributed by atoms with van der Waals surface area (Å²) in [6.45, 7) is 9.57. The van der Waals surface area contributed by atoms with Gasteiger partial charge in [-0.1, -0.05) is 39.8 Å². The van der Waals surface area contributed by atoms with Gasteiger partial charge >= 0.3 is 0 Å². The highest BCUT2D eigenvalue weighted by atomic mass is 16.5. The molecule has 0 aliphatic carbocycles. The number of carbonyl (C=O) groups excluding carboxylic acids is 1. The Hall–Kier alpha value is -2.69. The first-order valence-electron chi connectivity index (χ1n) is 11.1. The van der Waals surface area contributed by atoms with E-state index < -0.39 is 0 Å². The molecule has 1 heterocycles. The van der Waals surface area contributed by atoms with Crippen molar-refractivity contribution in [3.05, 3.63) is 53.1 Å². The number of methoxy groups -OCH3 is 2. The summed E-state index contributed by atoms with van der Waals surface area (Å²) in [4.78, 5) is 15.0. The molecule has 0 saturated carbocycles. The lowest BCUT2D eigenvalue weighted by atomic mass is 9.91. The molecule has 0 spiro atoms. The summed E-state index contributed by atoms with van der Waals surface area (Å²) in [5.74, 6) is 3.15. The van der Waals surface area contributed by atoms with Gasteiger partial charge in [0.25, 0.3) is 0 Å². The number of hydrogen-bond donors (Lipinski definition) is 0. The zero-order chi connectivity index (χ0) is 22.5. The number of carbonyl (C=O) groups is 1.